The standard InChI is InChI=1S/2C12H10S2/c1-7-5-9-10-6-8(2)14-12(10)4-3-11(9)13-7;1-7-5-9-3-4-10-6-8(2)14-12(10)11(9)13-7/h2*3-6H,1-2H3. The van der Waals surface area contributed by atoms with Crippen molar-refractivity contribution in [1.82, 2.24) is 0 Å². The van der Waals surface area contributed by atoms with E-state index in [0.717, 1.165) is 0 Å². The minimum Gasteiger partial charge on any atom is -0.141 e. The van der Waals surface area contributed by atoms with E-state index >= 15 is 0 Å². The van der Waals surface area contributed by atoms with Crippen molar-refractivity contribution in [3.63, 3.8) is 0 Å². The molecule has 0 saturated heterocycles. The highest BCUT2D eigenvalue weighted by atomic mass is 32.1. The first-order chi connectivity index (χ1) is 13.5. The van der Waals surface area contributed by atoms with Gasteiger partial charge in [-0.2, -0.15) is 0 Å². The predicted molar refractivity (Wildman–Crippen MR) is 133 cm³/mol. The van der Waals surface area contributed by atoms with E-state index in [9.17, 15) is 0 Å². The quantitative estimate of drug-likeness (QED) is 0.222. The van der Waals surface area contributed by atoms with E-state index in [4.69, 9.17) is 0 Å². The zero-order valence-corrected chi connectivity index (χ0v) is 19.5. The number of aryl methyl sites for hydroxylation is 4. The second kappa shape index (κ2) is 6.96. The maximum atomic E-state index is 2.30. The second-order valence-corrected chi connectivity index (χ2v) is 12.3. The van der Waals surface area contributed by atoms with Crippen molar-refractivity contribution in [2.45, 2.75) is 27.7 Å². The molecule has 6 aromatic rings. The molecule has 0 fully saturated rings. The fourth-order valence-electron chi connectivity index (χ4n) is 3.73. The van der Waals surface area contributed by atoms with Crippen LogP contribution in [0.4, 0.5) is 0 Å². The third-order valence-electron chi connectivity index (χ3n) is 4.86. The monoisotopic (exact) mass is 436 g/mol. The maximum absolute atomic E-state index is 2.30. The molecule has 140 valence electrons. The Morgan fingerprint density at radius 1 is 0.464 bits per heavy atom. The molecule has 0 bridgehead atoms. The van der Waals surface area contributed by atoms with Gasteiger partial charge in [-0.25, -0.2) is 0 Å². The molecule has 0 saturated carbocycles. The molecule has 0 unspecified atom stereocenters. The van der Waals surface area contributed by atoms with E-state index in [1.807, 2.05) is 45.3 Å². The molecule has 4 heteroatoms. The molecule has 4 aromatic heterocycles. The Morgan fingerprint density at radius 3 is 1.29 bits per heavy atom. The van der Waals surface area contributed by atoms with E-state index in [-0.39, 0.29) is 0 Å². The van der Waals surface area contributed by atoms with E-state index in [1.54, 1.807) is 0 Å². The molecule has 2 aromatic carbocycles. The summed E-state index contributed by atoms with van der Waals surface area (Å²) in [7, 11) is 0. The normalized spacial score (nSPS) is 11.6. The van der Waals surface area contributed by atoms with Crippen molar-refractivity contribution in [2.24, 2.45) is 0 Å². The first kappa shape index (κ1) is 18.3. The molecule has 0 spiro atoms. The predicted octanol–water partition coefficient (Wildman–Crippen LogP) is 9.47. The Hall–Kier alpha value is -1.72. The lowest BCUT2D eigenvalue weighted by Crippen LogP contribution is -1.63. The van der Waals surface area contributed by atoms with Crippen molar-refractivity contribution in [2.75, 3.05) is 0 Å². The smallest absolute Gasteiger partial charge is 0.0523 e. The van der Waals surface area contributed by atoms with Gasteiger partial charge >= 0.3 is 0 Å². The van der Waals surface area contributed by atoms with E-state index in [1.165, 1.54) is 59.9 Å². The Labute approximate surface area is 180 Å². The number of hydrogen-bond donors (Lipinski definition) is 0. The van der Waals surface area contributed by atoms with Crippen LogP contribution in [0.25, 0.3) is 40.3 Å². The Morgan fingerprint density at radius 2 is 0.857 bits per heavy atom. The van der Waals surface area contributed by atoms with Gasteiger partial charge in [0, 0.05) is 39.7 Å². The Bertz CT molecular complexity index is 1230. The average molecular weight is 437 g/mol. The summed E-state index contributed by atoms with van der Waals surface area (Å²) in [5.41, 5.74) is 0. The van der Waals surface area contributed by atoms with Crippen molar-refractivity contribution >= 4 is 85.7 Å². The molecule has 0 nitrogen and oxygen atoms in total. The summed E-state index contributed by atoms with van der Waals surface area (Å²) in [6.45, 7) is 8.71. The zero-order chi connectivity index (χ0) is 19.4. The summed E-state index contributed by atoms with van der Waals surface area (Å²) < 4.78 is 5.73. The van der Waals surface area contributed by atoms with Gasteiger partial charge in [0.15, 0.2) is 0 Å². The van der Waals surface area contributed by atoms with Crippen molar-refractivity contribution < 1.29 is 0 Å². The molecule has 4 heterocycles. The van der Waals surface area contributed by atoms with E-state index < -0.39 is 0 Å². The van der Waals surface area contributed by atoms with Gasteiger partial charge in [-0.05, 0) is 74.9 Å². The van der Waals surface area contributed by atoms with Crippen LogP contribution in [0.1, 0.15) is 19.5 Å². The molecule has 0 amide bonds. The molecule has 0 atom stereocenters. The highest BCUT2D eigenvalue weighted by Crippen LogP contribution is 2.37. The summed E-state index contributed by atoms with van der Waals surface area (Å²) in [6, 6.07) is 18.1. The van der Waals surface area contributed by atoms with Crippen molar-refractivity contribution in [1.29, 1.82) is 0 Å². The number of fused-ring (bicyclic) bond motifs is 6. The summed E-state index contributed by atoms with van der Waals surface area (Å²) in [5, 5.41) is 5.63. The van der Waals surface area contributed by atoms with Gasteiger partial charge in [0.25, 0.3) is 0 Å². The topological polar surface area (TPSA) is 0 Å². The number of thiophene rings is 4. The largest absolute Gasteiger partial charge is 0.141 e. The third kappa shape index (κ3) is 3.18. The SMILES string of the molecule is Cc1cc2c(ccc3sc(C)cc32)s1.Cc1cc2ccc3cc(C)sc3c2s1. The number of rotatable bonds is 0. The molecule has 28 heavy (non-hydrogen) atoms. The lowest BCUT2D eigenvalue weighted by molar-refractivity contribution is 1.65. The maximum Gasteiger partial charge on any atom is 0.0523 e. The van der Waals surface area contributed by atoms with Crippen LogP contribution in [0.15, 0.2) is 48.5 Å². The van der Waals surface area contributed by atoms with Crippen LogP contribution >= 0.6 is 45.3 Å². The molecule has 0 N–H and O–H groups in total. The molecular weight excluding hydrogens is 417 g/mol. The molecular formula is C24H20S4. The molecule has 6 rings (SSSR count). The van der Waals surface area contributed by atoms with Gasteiger partial charge in [-0.15, -0.1) is 45.3 Å². The highest BCUT2D eigenvalue weighted by Gasteiger charge is 2.06. The van der Waals surface area contributed by atoms with Crippen LogP contribution in [0.3, 0.4) is 0 Å². The minimum atomic E-state index is 1.39. The van der Waals surface area contributed by atoms with Gasteiger partial charge in [-0.1, -0.05) is 12.1 Å². The van der Waals surface area contributed by atoms with Crippen molar-refractivity contribution in [3.8, 4) is 0 Å². The van der Waals surface area contributed by atoms with Gasteiger partial charge in [0.1, 0.15) is 0 Å². The zero-order valence-electron chi connectivity index (χ0n) is 16.3. The van der Waals surface area contributed by atoms with Crippen LogP contribution in [-0.4, -0.2) is 0 Å². The summed E-state index contributed by atoms with van der Waals surface area (Å²) in [6.07, 6.45) is 0. The number of hydrogen-bond acceptors (Lipinski definition) is 4. The van der Waals surface area contributed by atoms with Gasteiger partial charge in [0.05, 0.1) is 9.40 Å². The first-order valence-corrected chi connectivity index (χ1v) is 12.5. The lowest BCUT2D eigenvalue weighted by atomic mass is 10.2. The molecule has 0 aliphatic rings. The minimum absolute atomic E-state index is 1.39. The van der Waals surface area contributed by atoms with Gasteiger partial charge < -0.3 is 0 Å². The van der Waals surface area contributed by atoms with Gasteiger partial charge in [-0.3, -0.25) is 0 Å². The number of benzene rings is 2. The van der Waals surface area contributed by atoms with Crippen molar-refractivity contribution in [3.05, 3.63) is 68.0 Å². The Kier molecular flexibility index (Phi) is 4.55. The van der Waals surface area contributed by atoms with E-state index in [2.05, 4.69) is 76.2 Å². The van der Waals surface area contributed by atoms with Gasteiger partial charge in [0.2, 0.25) is 0 Å². The van der Waals surface area contributed by atoms with Crippen LogP contribution in [0.2, 0.25) is 0 Å². The fourth-order valence-corrected chi connectivity index (χ4v) is 7.79. The summed E-state index contributed by atoms with van der Waals surface area (Å²) in [5.74, 6) is 0. The molecule has 0 aliphatic heterocycles. The average Bonchev–Trinajstić information content (AvgIpc) is 3.37. The Balaban J connectivity index is 0.000000122. The third-order valence-corrected chi connectivity index (χ3v) is 9.19. The fraction of sp³-hybridized carbons (Fsp3) is 0.167. The first-order valence-electron chi connectivity index (χ1n) is 9.26. The van der Waals surface area contributed by atoms with Crippen LogP contribution in [-0.2, 0) is 0 Å². The second-order valence-electron chi connectivity index (χ2n) is 7.22. The lowest BCUT2D eigenvalue weighted by Gasteiger charge is -1.90. The van der Waals surface area contributed by atoms with Crippen LogP contribution < -0.4 is 0 Å². The van der Waals surface area contributed by atoms with Crippen LogP contribution in [0, 0.1) is 27.7 Å². The summed E-state index contributed by atoms with van der Waals surface area (Å²) in [4.78, 5) is 5.60. The van der Waals surface area contributed by atoms with Crippen LogP contribution in [0.5, 0.6) is 0 Å². The summed E-state index contributed by atoms with van der Waals surface area (Å²) >= 11 is 7.57. The molecule has 0 aliphatic carbocycles. The molecule has 0 radical (unpaired) electrons. The highest BCUT2D eigenvalue weighted by molar-refractivity contribution is 7.27. The van der Waals surface area contributed by atoms with E-state index in [0.29, 0.717) is 0 Å².